The third-order valence-corrected chi connectivity index (χ3v) is 3.57. The van der Waals surface area contributed by atoms with Gasteiger partial charge in [0.15, 0.2) is 0 Å². The van der Waals surface area contributed by atoms with Crippen LogP contribution < -0.4 is 5.32 Å². The Hall–Kier alpha value is -3.16. The predicted octanol–water partition coefficient (Wildman–Crippen LogP) is 3.13. The van der Waals surface area contributed by atoms with Crippen molar-refractivity contribution in [1.29, 1.82) is 0 Å². The number of imidazole rings is 1. The SMILES string of the molecule is Cc1[nH]c(-c2cccnc2)nc1C(=O)NCc1c(F)cc(F)cc1F. The number of benzene rings is 1. The summed E-state index contributed by atoms with van der Waals surface area (Å²) < 4.78 is 40.1. The van der Waals surface area contributed by atoms with E-state index in [4.69, 9.17) is 0 Å². The second-order valence-corrected chi connectivity index (χ2v) is 5.33. The average Bonchev–Trinajstić information content (AvgIpc) is 2.96. The summed E-state index contributed by atoms with van der Waals surface area (Å²) in [6.07, 6.45) is 3.20. The van der Waals surface area contributed by atoms with Gasteiger partial charge in [-0.05, 0) is 19.1 Å². The number of rotatable bonds is 4. The van der Waals surface area contributed by atoms with Crippen LogP contribution in [0, 0.1) is 24.4 Å². The van der Waals surface area contributed by atoms with Crippen molar-refractivity contribution < 1.29 is 18.0 Å². The summed E-state index contributed by atoms with van der Waals surface area (Å²) in [7, 11) is 0. The van der Waals surface area contributed by atoms with Gasteiger partial charge >= 0.3 is 0 Å². The Morgan fingerprint density at radius 3 is 2.60 bits per heavy atom. The second kappa shape index (κ2) is 6.76. The van der Waals surface area contributed by atoms with E-state index in [1.54, 1.807) is 31.5 Å². The maximum Gasteiger partial charge on any atom is 0.272 e. The molecule has 0 aliphatic heterocycles. The quantitative estimate of drug-likeness (QED) is 0.762. The van der Waals surface area contributed by atoms with Gasteiger partial charge in [0.2, 0.25) is 0 Å². The smallest absolute Gasteiger partial charge is 0.272 e. The third-order valence-electron chi connectivity index (χ3n) is 3.57. The number of halogens is 3. The summed E-state index contributed by atoms with van der Waals surface area (Å²) in [4.78, 5) is 23.4. The van der Waals surface area contributed by atoms with Gasteiger partial charge in [0, 0.05) is 47.9 Å². The molecule has 0 unspecified atom stereocenters. The molecule has 0 saturated heterocycles. The van der Waals surface area contributed by atoms with E-state index < -0.39 is 35.5 Å². The van der Waals surface area contributed by atoms with Gasteiger partial charge in [-0.25, -0.2) is 18.2 Å². The maximum absolute atomic E-state index is 13.6. The number of amides is 1. The highest BCUT2D eigenvalue weighted by Crippen LogP contribution is 2.18. The maximum atomic E-state index is 13.6. The van der Waals surface area contributed by atoms with Crippen LogP contribution in [0.1, 0.15) is 21.7 Å². The van der Waals surface area contributed by atoms with Gasteiger partial charge in [0.05, 0.1) is 0 Å². The van der Waals surface area contributed by atoms with Crippen molar-refractivity contribution in [3.63, 3.8) is 0 Å². The van der Waals surface area contributed by atoms with Crippen molar-refractivity contribution in [3.05, 3.63) is 71.1 Å². The third kappa shape index (κ3) is 3.52. The number of pyridine rings is 1. The molecule has 0 atom stereocenters. The van der Waals surface area contributed by atoms with E-state index in [9.17, 15) is 18.0 Å². The van der Waals surface area contributed by atoms with Crippen LogP contribution in [0.5, 0.6) is 0 Å². The first kappa shape index (κ1) is 16.7. The lowest BCUT2D eigenvalue weighted by molar-refractivity contribution is 0.0945. The molecule has 2 aromatic heterocycles. The second-order valence-electron chi connectivity index (χ2n) is 5.33. The molecule has 25 heavy (non-hydrogen) atoms. The van der Waals surface area contributed by atoms with Crippen molar-refractivity contribution in [1.82, 2.24) is 20.3 Å². The number of nitrogens with one attached hydrogen (secondary N) is 2. The van der Waals surface area contributed by atoms with Gasteiger partial charge in [0.1, 0.15) is 29.0 Å². The first-order valence-electron chi connectivity index (χ1n) is 7.34. The zero-order valence-electron chi connectivity index (χ0n) is 13.1. The lowest BCUT2D eigenvalue weighted by atomic mass is 10.2. The van der Waals surface area contributed by atoms with E-state index in [0.29, 0.717) is 29.2 Å². The number of carbonyl (C=O) groups excluding carboxylic acids is 1. The van der Waals surface area contributed by atoms with Gasteiger partial charge in [-0.3, -0.25) is 9.78 Å². The molecular weight excluding hydrogens is 333 g/mol. The Morgan fingerprint density at radius 2 is 1.96 bits per heavy atom. The summed E-state index contributed by atoms with van der Waals surface area (Å²) in [6, 6.07) is 4.62. The van der Waals surface area contributed by atoms with E-state index in [-0.39, 0.29) is 5.69 Å². The van der Waals surface area contributed by atoms with E-state index in [1.807, 2.05) is 0 Å². The fourth-order valence-electron chi connectivity index (χ4n) is 2.31. The zero-order chi connectivity index (χ0) is 18.0. The fraction of sp³-hybridized carbons (Fsp3) is 0.118. The molecule has 0 aliphatic carbocycles. The van der Waals surface area contributed by atoms with Crippen LogP contribution in [0.3, 0.4) is 0 Å². The minimum absolute atomic E-state index is 0.0989. The molecule has 0 fully saturated rings. The number of aromatic amines is 1. The van der Waals surface area contributed by atoms with Gasteiger partial charge in [-0.2, -0.15) is 0 Å². The molecular formula is C17H13F3N4O. The number of nitrogens with zero attached hydrogens (tertiary/aromatic N) is 2. The van der Waals surface area contributed by atoms with Crippen molar-refractivity contribution in [2.45, 2.75) is 13.5 Å². The molecule has 2 heterocycles. The largest absolute Gasteiger partial charge is 0.346 e. The topological polar surface area (TPSA) is 70.7 Å². The minimum atomic E-state index is -1.06. The van der Waals surface area contributed by atoms with Gasteiger partial charge in [-0.15, -0.1) is 0 Å². The molecule has 2 N–H and O–H groups in total. The monoisotopic (exact) mass is 346 g/mol. The lowest BCUT2D eigenvalue weighted by Crippen LogP contribution is -2.25. The first-order valence-corrected chi connectivity index (χ1v) is 7.34. The molecule has 128 valence electrons. The Balaban J connectivity index is 1.78. The van der Waals surface area contributed by atoms with Gasteiger partial charge in [-0.1, -0.05) is 0 Å². The van der Waals surface area contributed by atoms with Crippen LogP contribution in [0.4, 0.5) is 13.2 Å². The number of hydrogen-bond donors (Lipinski definition) is 2. The Bertz CT molecular complexity index is 902. The number of H-pyrrole nitrogens is 1. The molecule has 3 rings (SSSR count). The van der Waals surface area contributed by atoms with Gasteiger partial charge < -0.3 is 10.3 Å². The highest BCUT2D eigenvalue weighted by molar-refractivity contribution is 5.94. The number of aryl methyl sites for hydroxylation is 1. The average molecular weight is 346 g/mol. The molecule has 1 aromatic carbocycles. The molecule has 0 radical (unpaired) electrons. The zero-order valence-corrected chi connectivity index (χ0v) is 13.1. The molecule has 0 bridgehead atoms. The Labute approximate surface area is 140 Å². The summed E-state index contributed by atoms with van der Waals surface area (Å²) in [5.74, 6) is -3.29. The van der Waals surface area contributed by atoms with Crippen LogP contribution in [0.15, 0.2) is 36.7 Å². The Kier molecular flexibility index (Phi) is 4.51. The highest BCUT2D eigenvalue weighted by Gasteiger charge is 2.18. The summed E-state index contributed by atoms with van der Waals surface area (Å²) in [5, 5.41) is 2.38. The molecule has 3 aromatic rings. The van der Waals surface area contributed by atoms with Crippen LogP contribution in [0.25, 0.3) is 11.4 Å². The van der Waals surface area contributed by atoms with Crippen LogP contribution in [-0.2, 0) is 6.54 Å². The summed E-state index contributed by atoms with van der Waals surface area (Å²) in [6.45, 7) is 1.23. The molecule has 1 amide bonds. The van der Waals surface area contributed by atoms with Gasteiger partial charge in [0.25, 0.3) is 5.91 Å². The number of aromatic nitrogens is 3. The number of hydrogen-bond acceptors (Lipinski definition) is 3. The summed E-state index contributed by atoms with van der Waals surface area (Å²) >= 11 is 0. The molecule has 8 heteroatoms. The van der Waals surface area contributed by atoms with Crippen LogP contribution >= 0.6 is 0 Å². The Morgan fingerprint density at radius 1 is 1.24 bits per heavy atom. The van der Waals surface area contributed by atoms with Crippen LogP contribution in [0.2, 0.25) is 0 Å². The summed E-state index contributed by atoms with van der Waals surface area (Å²) in [5.41, 5.74) is 0.869. The van der Waals surface area contributed by atoms with E-state index in [2.05, 4.69) is 20.3 Å². The van der Waals surface area contributed by atoms with E-state index in [1.165, 1.54) is 0 Å². The van der Waals surface area contributed by atoms with Crippen molar-refractivity contribution in [3.8, 4) is 11.4 Å². The molecule has 0 spiro atoms. The lowest BCUT2D eigenvalue weighted by Gasteiger charge is -2.07. The molecule has 5 nitrogen and oxygen atoms in total. The molecule has 0 aliphatic rings. The van der Waals surface area contributed by atoms with Crippen molar-refractivity contribution in [2.24, 2.45) is 0 Å². The number of carbonyl (C=O) groups is 1. The first-order chi connectivity index (χ1) is 12.0. The molecule has 0 saturated carbocycles. The van der Waals surface area contributed by atoms with Crippen LogP contribution in [-0.4, -0.2) is 20.9 Å². The van der Waals surface area contributed by atoms with Crippen molar-refractivity contribution >= 4 is 5.91 Å². The highest BCUT2D eigenvalue weighted by atomic mass is 19.1. The normalized spacial score (nSPS) is 10.7. The predicted molar refractivity (Wildman–Crippen MR) is 84.0 cm³/mol. The standard InChI is InChI=1S/C17H13F3N4O/c1-9-15(24-16(23-9)10-3-2-4-21-7-10)17(25)22-8-12-13(19)5-11(18)6-14(12)20/h2-7H,8H2,1H3,(H,22,25)(H,23,24). The minimum Gasteiger partial charge on any atom is -0.346 e. The fourth-order valence-corrected chi connectivity index (χ4v) is 2.31. The van der Waals surface area contributed by atoms with E-state index in [0.717, 1.165) is 0 Å². The van der Waals surface area contributed by atoms with E-state index >= 15 is 0 Å². The van der Waals surface area contributed by atoms with Crippen molar-refractivity contribution in [2.75, 3.05) is 0 Å².